The molecule has 0 amide bonds. The quantitative estimate of drug-likeness (QED) is 0.379. The molecule has 0 aromatic heterocycles. The van der Waals surface area contributed by atoms with E-state index in [4.69, 9.17) is 14.2 Å². The Labute approximate surface area is 201 Å². The molecule has 2 N–H and O–H groups in total. The van der Waals surface area contributed by atoms with E-state index >= 15 is 0 Å². The lowest BCUT2D eigenvalue weighted by atomic mass is 9.47. The van der Waals surface area contributed by atoms with Gasteiger partial charge in [-0.05, 0) is 85.4 Å². The lowest BCUT2D eigenvalue weighted by Gasteiger charge is -2.59. The molecular weight excluding hydrogens is 416 g/mol. The molecule has 4 aliphatic rings. The molecule has 0 radical (unpaired) electrons. The molecule has 33 heavy (non-hydrogen) atoms. The summed E-state index contributed by atoms with van der Waals surface area (Å²) in [6.07, 6.45) is 10.3. The van der Waals surface area contributed by atoms with Gasteiger partial charge in [0, 0.05) is 26.2 Å². The van der Waals surface area contributed by atoms with Gasteiger partial charge in [-0.1, -0.05) is 39.3 Å². The Morgan fingerprint density at radius 1 is 1.03 bits per heavy atom. The van der Waals surface area contributed by atoms with Crippen LogP contribution in [0.25, 0.3) is 0 Å². The third-order valence-corrected chi connectivity index (χ3v) is 10.3. The summed E-state index contributed by atoms with van der Waals surface area (Å²) in [5.74, 6) is 2.86. The highest BCUT2D eigenvalue weighted by Gasteiger charge is 2.59. The molecule has 5 nitrogen and oxygen atoms in total. The van der Waals surface area contributed by atoms with Gasteiger partial charge in [0.1, 0.15) is 6.79 Å². The number of aliphatic hydroxyl groups is 2. The minimum atomic E-state index is -0.364. The predicted octanol–water partition coefficient (Wildman–Crippen LogP) is 4.81. The van der Waals surface area contributed by atoms with Crippen molar-refractivity contribution >= 4 is 0 Å². The van der Waals surface area contributed by atoms with Crippen LogP contribution in [0.4, 0.5) is 0 Å². The summed E-state index contributed by atoms with van der Waals surface area (Å²) in [6.45, 7) is 11.3. The Kier molecular flexibility index (Phi) is 7.97. The van der Waals surface area contributed by atoms with Crippen LogP contribution in [0, 0.1) is 46.3 Å². The Bertz CT molecular complexity index is 694. The van der Waals surface area contributed by atoms with Gasteiger partial charge in [0.05, 0.1) is 18.8 Å². The molecular formula is C28H48O5. The zero-order chi connectivity index (χ0) is 23.8. The number of aliphatic hydroxyl groups excluding tert-OH is 2. The van der Waals surface area contributed by atoms with Crippen molar-refractivity contribution in [1.82, 2.24) is 0 Å². The van der Waals surface area contributed by atoms with Crippen LogP contribution in [0.2, 0.25) is 0 Å². The number of fused-ring (bicyclic) bond motifs is 5. The number of methoxy groups -OCH3 is 1. The van der Waals surface area contributed by atoms with Crippen molar-refractivity contribution in [3.05, 3.63) is 11.6 Å². The highest BCUT2D eigenvalue weighted by molar-refractivity contribution is 5.29. The molecule has 0 aliphatic heterocycles. The van der Waals surface area contributed by atoms with Crippen LogP contribution in [-0.4, -0.2) is 56.1 Å². The van der Waals surface area contributed by atoms with Crippen LogP contribution in [0.3, 0.4) is 0 Å². The van der Waals surface area contributed by atoms with E-state index in [1.165, 1.54) is 25.7 Å². The number of hydrogen-bond acceptors (Lipinski definition) is 5. The second-order valence-corrected chi connectivity index (χ2v) is 12.4. The van der Waals surface area contributed by atoms with E-state index in [-0.39, 0.29) is 36.1 Å². The van der Waals surface area contributed by atoms with Gasteiger partial charge in [0.2, 0.25) is 0 Å². The first-order chi connectivity index (χ1) is 15.7. The van der Waals surface area contributed by atoms with Crippen molar-refractivity contribution in [1.29, 1.82) is 0 Å². The van der Waals surface area contributed by atoms with E-state index < -0.39 is 0 Å². The molecule has 0 spiro atoms. The van der Waals surface area contributed by atoms with Crippen LogP contribution < -0.4 is 0 Å². The summed E-state index contributed by atoms with van der Waals surface area (Å²) >= 11 is 0. The first kappa shape index (κ1) is 25.6. The molecule has 10 atom stereocenters. The van der Waals surface area contributed by atoms with Crippen molar-refractivity contribution in [3.8, 4) is 0 Å². The van der Waals surface area contributed by atoms with Crippen molar-refractivity contribution < 1.29 is 24.4 Å². The number of ether oxygens (including phenoxy) is 3. The van der Waals surface area contributed by atoms with Crippen LogP contribution in [0.5, 0.6) is 0 Å². The highest BCUT2D eigenvalue weighted by Crippen LogP contribution is 2.66. The fraction of sp³-hybridized carbons (Fsp3) is 0.929. The SMILES string of the molecule is COCOC1CC[C@]2(C)C3CC[C@]4(C)C([C@H](C)COCC(C)CO)CC[C@H]4C3=C[C@H](O)[C@H]2C1. The number of hydrogen-bond donors (Lipinski definition) is 2. The van der Waals surface area contributed by atoms with Crippen LogP contribution in [-0.2, 0) is 14.2 Å². The fourth-order valence-electron chi connectivity index (χ4n) is 8.46. The first-order valence-electron chi connectivity index (χ1n) is 13.4. The third kappa shape index (κ3) is 4.70. The molecule has 4 aliphatic carbocycles. The second-order valence-electron chi connectivity index (χ2n) is 12.4. The average molecular weight is 465 g/mol. The van der Waals surface area contributed by atoms with Crippen LogP contribution in [0.1, 0.15) is 72.6 Å². The van der Waals surface area contributed by atoms with E-state index in [2.05, 4.69) is 26.8 Å². The summed E-state index contributed by atoms with van der Waals surface area (Å²) in [6, 6.07) is 0. The van der Waals surface area contributed by atoms with Gasteiger partial charge < -0.3 is 24.4 Å². The molecule has 0 aromatic carbocycles. The maximum absolute atomic E-state index is 11.3. The third-order valence-electron chi connectivity index (χ3n) is 10.3. The minimum Gasteiger partial charge on any atom is -0.396 e. The van der Waals surface area contributed by atoms with Gasteiger partial charge in [-0.3, -0.25) is 0 Å². The van der Waals surface area contributed by atoms with Crippen molar-refractivity contribution in [2.75, 3.05) is 33.7 Å². The van der Waals surface area contributed by atoms with Crippen LogP contribution >= 0.6 is 0 Å². The predicted molar refractivity (Wildman–Crippen MR) is 130 cm³/mol. The summed E-state index contributed by atoms with van der Waals surface area (Å²) < 4.78 is 17.0. The minimum absolute atomic E-state index is 0.172. The standard InChI is InChI=1S/C28H48O5/c1-18(14-29)15-32-16-19(2)22-6-7-23-21-13-26(30)25-12-20(33-17-31-5)8-10-28(25,4)24(21)9-11-27(22,23)3/h13,18-20,22-26,29-30H,6-12,14-17H2,1-5H3/t18?,19-,20?,22?,23+,24?,25-,26+,27-,28-/m1/s1. The van der Waals surface area contributed by atoms with Gasteiger partial charge >= 0.3 is 0 Å². The summed E-state index contributed by atoms with van der Waals surface area (Å²) in [4.78, 5) is 0. The topological polar surface area (TPSA) is 68.2 Å². The molecule has 5 heteroatoms. The molecule has 190 valence electrons. The van der Waals surface area contributed by atoms with E-state index in [9.17, 15) is 10.2 Å². The lowest BCUT2D eigenvalue weighted by Crippen LogP contribution is -2.54. The smallest absolute Gasteiger partial charge is 0.146 e. The normalized spacial score (nSPS) is 44.4. The molecule has 4 unspecified atom stereocenters. The zero-order valence-corrected chi connectivity index (χ0v) is 21.6. The van der Waals surface area contributed by atoms with E-state index in [1.807, 2.05) is 6.92 Å². The van der Waals surface area contributed by atoms with Crippen molar-refractivity contribution in [2.45, 2.75) is 84.8 Å². The molecule has 0 bridgehead atoms. The number of allylic oxidation sites excluding steroid dienone is 1. The molecule has 0 saturated heterocycles. The van der Waals surface area contributed by atoms with Crippen LogP contribution in [0.15, 0.2) is 11.6 Å². The Hall–Kier alpha value is -0.460. The maximum atomic E-state index is 11.3. The molecule has 0 heterocycles. The largest absolute Gasteiger partial charge is 0.396 e. The first-order valence-corrected chi connectivity index (χ1v) is 13.4. The Morgan fingerprint density at radius 2 is 1.76 bits per heavy atom. The highest BCUT2D eigenvalue weighted by atomic mass is 16.7. The monoisotopic (exact) mass is 464 g/mol. The second kappa shape index (κ2) is 10.3. The molecule has 3 fully saturated rings. The van der Waals surface area contributed by atoms with Gasteiger partial charge in [-0.15, -0.1) is 0 Å². The van der Waals surface area contributed by atoms with Crippen molar-refractivity contribution in [2.24, 2.45) is 46.3 Å². The molecule has 3 saturated carbocycles. The van der Waals surface area contributed by atoms with Gasteiger partial charge in [0.25, 0.3) is 0 Å². The summed E-state index contributed by atoms with van der Waals surface area (Å²) in [5, 5.41) is 20.6. The fourth-order valence-corrected chi connectivity index (χ4v) is 8.46. The Balaban J connectivity index is 1.47. The van der Waals surface area contributed by atoms with Gasteiger partial charge in [-0.25, -0.2) is 0 Å². The van der Waals surface area contributed by atoms with Gasteiger partial charge in [0.15, 0.2) is 0 Å². The summed E-state index contributed by atoms with van der Waals surface area (Å²) in [5.41, 5.74) is 2.05. The van der Waals surface area contributed by atoms with E-state index in [0.717, 1.165) is 25.9 Å². The van der Waals surface area contributed by atoms with E-state index in [1.54, 1.807) is 12.7 Å². The summed E-state index contributed by atoms with van der Waals surface area (Å²) in [7, 11) is 1.67. The van der Waals surface area contributed by atoms with Crippen molar-refractivity contribution in [3.63, 3.8) is 0 Å². The molecule has 4 rings (SSSR count). The molecule has 0 aromatic rings. The van der Waals surface area contributed by atoms with E-state index in [0.29, 0.717) is 42.5 Å². The van der Waals surface area contributed by atoms with Gasteiger partial charge in [-0.2, -0.15) is 0 Å². The lowest BCUT2D eigenvalue weighted by molar-refractivity contribution is -0.133. The average Bonchev–Trinajstić information content (AvgIpc) is 3.15. The Morgan fingerprint density at radius 3 is 2.48 bits per heavy atom. The number of rotatable bonds is 9. The maximum Gasteiger partial charge on any atom is 0.146 e. The zero-order valence-electron chi connectivity index (χ0n) is 21.6.